The third kappa shape index (κ3) is 2.82. The Morgan fingerprint density at radius 2 is 1.74 bits per heavy atom. The lowest BCUT2D eigenvalue weighted by Crippen LogP contribution is -1.95. The highest BCUT2D eigenvalue weighted by atomic mass is 16.5. The number of nitrogens with zero attached hydrogens (tertiary/aromatic N) is 1. The zero-order valence-corrected chi connectivity index (χ0v) is 9.70. The van der Waals surface area contributed by atoms with E-state index in [4.69, 9.17) is 15.1 Å². The maximum absolute atomic E-state index is 10.7. The fourth-order valence-corrected chi connectivity index (χ4v) is 1.47. The van der Waals surface area contributed by atoms with Crippen LogP contribution < -0.4 is 4.74 Å². The summed E-state index contributed by atoms with van der Waals surface area (Å²) in [6.07, 6.45) is 0. The predicted molar refractivity (Wildman–Crippen MR) is 66.3 cm³/mol. The normalized spacial score (nSPS) is 9.63. The smallest absolute Gasteiger partial charge is 0.335 e. The standard InChI is InChI=1S/C14H9NO4/c15-8-10-7-12(5-6-13(10)16)19-11-3-1-9(2-4-11)14(17)18/h1-7,16H,(H,17,18). The van der Waals surface area contributed by atoms with Crippen molar-refractivity contribution in [3.8, 4) is 23.3 Å². The van der Waals surface area contributed by atoms with Gasteiger partial charge in [-0.15, -0.1) is 0 Å². The molecule has 0 aliphatic heterocycles. The number of carboxylic acids is 1. The van der Waals surface area contributed by atoms with E-state index in [0.717, 1.165) is 0 Å². The van der Waals surface area contributed by atoms with Crippen molar-refractivity contribution in [3.05, 3.63) is 53.6 Å². The van der Waals surface area contributed by atoms with E-state index in [1.165, 1.54) is 42.5 Å². The summed E-state index contributed by atoms with van der Waals surface area (Å²) in [5.41, 5.74) is 0.274. The molecule has 0 heterocycles. The van der Waals surface area contributed by atoms with Crippen LogP contribution in [0.2, 0.25) is 0 Å². The number of aromatic hydroxyl groups is 1. The quantitative estimate of drug-likeness (QED) is 0.879. The maximum Gasteiger partial charge on any atom is 0.335 e. The molecule has 0 aliphatic carbocycles. The van der Waals surface area contributed by atoms with E-state index in [1.807, 2.05) is 6.07 Å². The summed E-state index contributed by atoms with van der Waals surface area (Å²) in [7, 11) is 0. The van der Waals surface area contributed by atoms with Crippen LogP contribution in [-0.2, 0) is 0 Å². The summed E-state index contributed by atoms with van der Waals surface area (Å²) >= 11 is 0. The summed E-state index contributed by atoms with van der Waals surface area (Å²) in [6, 6.07) is 12.0. The molecule has 0 bridgehead atoms. The molecule has 2 rings (SSSR count). The molecule has 0 spiro atoms. The molecular formula is C14H9NO4. The number of phenolic OH excluding ortho intramolecular Hbond substituents is 1. The van der Waals surface area contributed by atoms with Crippen molar-refractivity contribution in [2.45, 2.75) is 0 Å². The highest BCUT2D eigenvalue weighted by Crippen LogP contribution is 2.26. The fourth-order valence-electron chi connectivity index (χ4n) is 1.47. The van der Waals surface area contributed by atoms with Gasteiger partial charge >= 0.3 is 5.97 Å². The van der Waals surface area contributed by atoms with E-state index >= 15 is 0 Å². The van der Waals surface area contributed by atoms with Crippen molar-refractivity contribution >= 4 is 5.97 Å². The summed E-state index contributed by atoms with van der Waals surface area (Å²) in [6.45, 7) is 0. The van der Waals surface area contributed by atoms with Gasteiger partial charge in [0.15, 0.2) is 0 Å². The van der Waals surface area contributed by atoms with Gasteiger partial charge in [-0.3, -0.25) is 0 Å². The molecule has 0 radical (unpaired) electrons. The van der Waals surface area contributed by atoms with E-state index < -0.39 is 5.97 Å². The Labute approximate surface area is 108 Å². The van der Waals surface area contributed by atoms with E-state index in [2.05, 4.69) is 0 Å². The van der Waals surface area contributed by atoms with Gasteiger partial charge in [-0.25, -0.2) is 4.79 Å². The van der Waals surface area contributed by atoms with E-state index in [-0.39, 0.29) is 16.9 Å². The molecule has 19 heavy (non-hydrogen) atoms. The largest absolute Gasteiger partial charge is 0.507 e. The first-order chi connectivity index (χ1) is 9.10. The Morgan fingerprint density at radius 3 is 2.32 bits per heavy atom. The zero-order valence-electron chi connectivity index (χ0n) is 9.70. The highest BCUT2D eigenvalue weighted by Gasteiger charge is 2.05. The molecule has 0 aromatic heterocycles. The van der Waals surface area contributed by atoms with E-state index in [1.54, 1.807) is 0 Å². The Balaban J connectivity index is 2.22. The lowest BCUT2D eigenvalue weighted by atomic mass is 10.2. The Kier molecular flexibility index (Phi) is 3.35. The van der Waals surface area contributed by atoms with Crippen molar-refractivity contribution in [3.63, 3.8) is 0 Å². The third-order valence-corrected chi connectivity index (χ3v) is 2.43. The average Bonchev–Trinajstić information content (AvgIpc) is 2.41. The lowest BCUT2D eigenvalue weighted by Gasteiger charge is -2.06. The predicted octanol–water partition coefficient (Wildman–Crippen LogP) is 2.75. The molecule has 2 aromatic carbocycles. The Morgan fingerprint density at radius 1 is 1.11 bits per heavy atom. The van der Waals surface area contributed by atoms with Gasteiger partial charge in [0, 0.05) is 6.07 Å². The Hall–Kier alpha value is -3.00. The fraction of sp³-hybridized carbons (Fsp3) is 0. The van der Waals surface area contributed by atoms with Crippen molar-refractivity contribution in [1.29, 1.82) is 5.26 Å². The van der Waals surface area contributed by atoms with Crippen LogP contribution >= 0.6 is 0 Å². The topological polar surface area (TPSA) is 90.5 Å². The summed E-state index contributed by atoms with van der Waals surface area (Å²) in [5, 5.41) is 26.9. The molecule has 0 saturated carbocycles. The SMILES string of the molecule is N#Cc1cc(Oc2ccc(C(=O)O)cc2)ccc1O. The number of aromatic carboxylic acids is 1. The average molecular weight is 255 g/mol. The molecule has 0 amide bonds. The maximum atomic E-state index is 10.7. The first kappa shape index (κ1) is 12.5. The molecule has 0 unspecified atom stereocenters. The molecule has 5 heteroatoms. The van der Waals surface area contributed by atoms with Crippen LogP contribution in [0.4, 0.5) is 0 Å². The molecule has 5 nitrogen and oxygen atoms in total. The van der Waals surface area contributed by atoms with Gasteiger partial charge in [-0.2, -0.15) is 5.26 Å². The summed E-state index contributed by atoms with van der Waals surface area (Å²) in [4.78, 5) is 10.7. The molecule has 0 fully saturated rings. The van der Waals surface area contributed by atoms with Gasteiger partial charge < -0.3 is 14.9 Å². The van der Waals surface area contributed by atoms with Gasteiger partial charge in [0.1, 0.15) is 23.3 Å². The van der Waals surface area contributed by atoms with Crippen LogP contribution in [0.25, 0.3) is 0 Å². The van der Waals surface area contributed by atoms with Gasteiger partial charge in [0.05, 0.1) is 11.1 Å². The first-order valence-corrected chi connectivity index (χ1v) is 5.34. The number of hydrogen-bond acceptors (Lipinski definition) is 4. The lowest BCUT2D eigenvalue weighted by molar-refractivity contribution is 0.0697. The minimum absolute atomic E-state index is 0.111. The zero-order chi connectivity index (χ0) is 13.8. The molecule has 94 valence electrons. The van der Waals surface area contributed by atoms with E-state index in [9.17, 15) is 9.90 Å². The molecule has 0 aliphatic rings. The molecule has 0 saturated heterocycles. The number of nitriles is 1. The van der Waals surface area contributed by atoms with Crippen molar-refractivity contribution < 1.29 is 19.7 Å². The monoisotopic (exact) mass is 255 g/mol. The van der Waals surface area contributed by atoms with Crippen LogP contribution in [0.15, 0.2) is 42.5 Å². The minimum Gasteiger partial charge on any atom is -0.507 e. The number of hydrogen-bond donors (Lipinski definition) is 2. The molecule has 2 N–H and O–H groups in total. The number of carbonyl (C=O) groups is 1. The third-order valence-electron chi connectivity index (χ3n) is 2.43. The van der Waals surface area contributed by atoms with Gasteiger partial charge in [0.25, 0.3) is 0 Å². The summed E-state index contributed by atoms with van der Waals surface area (Å²) in [5.74, 6) is -0.295. The van der Waals surface area contributed by atoms with Crippen molar-refractivity contribution in [1.82, 2.24) is 0 Å². The van der Waals surface area contributed by atoms with E-state index in [0.29, 0.717) is 11.5 Å². The van der Waals surface area contributed by atoms with Crippen LogP contribution in [-0.4, -0.2) is 16.2 Å². The van der Waals surface area contributed by atoms with Crippen LogP contribution in [0.3, 0.4) is 0 Å². The van der Waals surface area contributed by atoms with Crippen LogP contribution in [0.5, 0.6) is 17.2 Å². The number of benzene rings is 2. The van der Waals surface area contributed by atoms with Crippen LogP contribution in [0, 0.1) is 11.3 Å². The van der Waals surface area contributed by atoms with Gasteiger partial charge in [-0.05, 0) is 36.4 Å². The Bertz CT molecular complexity index is 656. The van der Waals surface area contributed by atoms with Crippen LogP contribution in [0.1, 0.15) is 15.9 Å². The number of ether oxygens (including phenoxy) is 1. The van der Waals surface area contributed by atoms with Crippen molar-refractivity contribution in [2.75, 3.05) is 0 Å². The minimum atomic E-state index is -1.01. The molecule has 2 aromatic rings. The first-order valence-electron chi connectivity index (χ1n) is 5.34. The number of carboxylic acid groups (broad SMARTS) is 1. The molecule has 0 atom stereocenters. The summed E-state index contributed by atoms with van der Waals surface area (Å²) < 4.78 is 5.46. The van der Waals surface area contributed by atoms with Gasteiger partial charge in [-0.1, -0.05) is 0 Å². The second kappa shape index (κ2) is 5.10. The van der Waals surface area contributed by atoms with Gasteiger partial charge in [0.2, 0.25) is 0 Å². The second-order valence-electron chi connectivity index (χ2n) is 3.72. The highest BCUT2D eigenvalue weighted by molar-refractivity contribution is 5.87. The number of rotatable bonds is 3. The molecular weight excluding hydrogens is 246 g/mol. The second-order valence-corrected chi connectivity index (χ2v) is 3.72. The van der Waals surface area contributed by atoms with Crippen molar-refractivity contribution in [2.24, 2.45) is 0 Å². The number of phenols is 1.